The Morgan fingerprint density at radius 2 is 2.15 bits per heavy atom. The molecule has 0 amide bonds. The number of pyridine rings is 1. The Kier molecular flexibility index (Phi) is 3.25. The van der Waals surface area contributed by atoms with Crippen molar-refractivity contribution in [2.24, 2.45) is 0 Å². The van der Waals surface area contributed by atoms with E-state index < -0.39 is 0 Å². The number of benzene rings is 1. The van der Waals surface area contributed by atoms with E-state index in [-0.39, 0.29) is 0 Å². The number of aromatic nitrogens is 3. The molecule has 20 heavy (non-hydrogen) atoms. The predicted octanol–water partition coefficient (Wildman–Crippen LogP) is 2.43. The second-order valence-electron chi connectivity index (χ2n) is 4.81. The second-order valence-corrected chi connectivity index (χ2v) is 4.81. The summed E-state index contributed by atoms with van der Waals surface area (Å²) < 4.78 is 1.82. The molecule has 0 aliphatic heterocycles. The third-order valence-corrected chi connectivity index (χ3v) is 3.20. The predicted molar refractivity (Wildman–Crippen MR) is 81.6 cm³/mol. The van der Waals surface area contributed by atoms with E-state index in [1.807, 2.05) is 29.1 Å². The largest absolute Gasteiger partial charge is 0.396 e. The molecule has 0 aliphatic rings. The zero-order valence-electron chi connectivity index (χ0n) is 11.4. The Hall–Kier alpha value is -2.56. The number of anilines is 2. The van der Waals surface area contributed by atoms with Crippen LogP contribution in [-0.4, -0.2) is 21.3 Å². The van der Waals surface area contributed by atoms with Gasteiger partial charge in [-0.1, -0.05) is 18.2 Å². The third-order valence-electron chi connectivity index (χ3n) is 3.20. The fourth-order valence-corrected chi connectivity index (χ4v) is 2.19. The minimum atomic E-state index is 0.685. The minimum absolute atomic E-state index is 0.685. The molecule has 0 bridgehead atoms. The molecule has 5 nitrogen and oxygen atoms in total. The van der Waals surface area contributed by atoms with Gasteiger partial charge in [0.05, 0.1) is 23.9 Å². The molecule has 3 rings (SSSR count). The van der Waals surface area contributed by atoms with Gasteiger partial charge in [-0.15, -0.1) is 0 Å². The van der Waals surface area contributed by atoms with Crippen molar-refractivity contribution in [2.75, 3.05) is 17.6 Å². The van der Waals surface area contributed by atoms with E-state index in [0.717, 1.165) is 35.4 Å². The Morgan fingerprint density at radius 3 is 2.95 bits per heavy atom. The van der Waals surface area contributed by atoms with Gasteiger partial charge in [-0.25, -0.2) is 4.98 Å². The molecule has 3 aromatic rings. The summed E-state index contributed by atoms with van der Waals surface area (Å²) in [5.74, 6) is 0.920. The van der Waals surface area contributed by atoms with Crippen LogP contribution in [0.5, 0.6) is 0 Å². The molecule has 0 unspecified atom stereocenters. The van der Waals surface area contributed by atoms with Crippen molar-refractivity contribution in [1.29, 1.82) is 0 Å². The van der Waals surface area contributed by atoms with Crippen LogP contribution in [0.2, 0.25) is 0 Å². The van der Waals surface area contributed by atoms with Gasteiger partial charge in [0, 0.05) is 18.1 Å². The number of rotatable bonds is 4. The lowest BCUT2D eigenvalue weighted by Crippen LogP contribution is -2.12. The van der Waals surface area contributed by atoms with Crippen LogP contribution in [0.25, 0.3) is 10.9 Å². The van der Waals surface area contributed by atoms with Crippen LogP contribution in [0.1, 0.15) is 5.56 Å². The molecule has 0 fully saturated rings. The van der Waals surface area contributed by atoms with E-state index >= 15 is 0 Å². The van der Waals surface area contributed by atoms with E-state index in [1.54, 1.807) is 6.20 Å². The number of fused-ring (bicyclic) bond motifs is 1. The molecule has 3 N–H and O–H groups in total. The standard InChI is InChI=1S/C15H17N5/c1-11-8-12-4-2-3-5-14(12)19-15(11)17-6-7-20-10-13(16)9-18-20/h2-5,8-10H,6-7,16H2,1H3,(H,17,19). The number of nitrogen functional groups attached to an aromatic ring is 1. The van der Waals surface area contributed by atoms with Crippen LogP contribution < -0.4 is 11.1 Å². The molecule has 0 saturated carbocycles. The minimum Gasteiger partial charge on any atom is -0.396 e. The zero-order chi connectivity index (χ0) is 13.9. The first-order valence-corrected chi connectivity index (χ1v) is 6.60. The molecule has 5 heteroatoms. The Balaban J connectivity index is 1.72. The van der Waals surface area contributed by atoms with Gasteiger partial charge in [0.15, 0.2) is 0 Å². The quantitative estimate of drug-likeness (QED) is 0.761. The second kappa shape index (κ2) is 5.21. The highest BCUT2D eigenvalue weighted by molar-refractivity contribution is 5.81. The molecule has 0 aliphatic carbocycles. The number of nitrogens with two attached hydrogens (primary N) is 1. The molecule has 0 saturated heterocycles. The van der Waals surface area contributed by atoms with E-state index in [9.17, 15) is 0 Å². The van der Waals surface area contributed by atoms with E-state index in [1.165, 1.54) is 0 Å². The van der Waals surface area contributed by atoms with Gasteiger partial charge in [-0.05, 0) is 24.6 Å². The van der Waals surface area contributed by atoms with Crippen molar-refractivity contribution in [3.63, 3.8) is 0 Å². The first-order chi connectivity index (χ1) is 9.72. The molecular weight excluding hydrogens is 250 g/mol. The average molecular weight is 267 g/mol. The summed E-state index contributed by atoms with van der Waals surface area (Å²) in [6.07, 6.45) is 3.47. The monoisotopic (exact) mass is 267 g/mol. The van der Waals surface area contributed by atoms with E-state index in [4.69, 9.17) is 5.73 Å². The summed E-state index contributed by atoms with van der Waals surface area (Å²) in [7, 11) is 0. The lowest BCUT2D eigenvalue weighted by atomic mass is 10.1. The molecule has 2 heterocycles. The number of nitrogens with one attached hydrogen (secondary N) is 1. The Morgan fingerprint density at radius 1 is 1.30 bits per heavy atom. The summed E-state index contributed by atoms with van der Waals surface area (Å²) >= 11 is 0. The van der Waals surface area contributed by atoms with Crippen molar-refractivity contribution in [3.05, 3.63) is 48.3 Å². The molecular formula is C15H17N5. The lowest BCUT2D eigenvalue weighted by Gasteiger charge is -2.10. The SMILES string of the molecule is Cc1cc2ccccc2nc1NCCn1cc(N)cn1. The van der Waals surface area contributed by atoms with Gasteiger partial charge in [0.1, 0.15) is 5.82 Å². The topological polar surface area (TPSA) is 68.8 Å². The maximum atomic E-state index is 5.63. The number of aryl methyl sites for hydroxylation is 1. The highest BCUT2D eigenvalue weighted by Crippen LogP contribution is 2.19. The van der Waals surface area contributed by atoms with Crippen LogP contribution in [0.4, 0.5) is 11.5 Å². The van der Waals surface area contributed by atoms with Crippen LogP contribution in [-0.2, 0) is 6.54 Å². The molecule has 0 radical (unpaired) electrons. The van der Waals surface area contributed by atoms with Crippen LogP contribution >= 0.6 is 0 Å². The fraction of sp³-hybridized carbons (Fsp3) is 0.200. The van der Waals surface area contributed by atoms with Crippen molar-refractivity contribution in [1.82, 2.24) is 14.8 Å². The maximum absolute atomic E-state index is 5.63. The normalized spacial score (nSPS) is 10.8. The molecule has 102 valence electrons. The average Bonchev–Trinajstić information content (AvgIpc) is 2.85. The maximum Gasteiger partial charge on any atom is 0.129 e. The summed E-state index contributed by atoms with van der Waals surface area (Å²) in [5, 5.41) is 8.66. The van der Waals surface area contributed by atoms with Crippen molar-refractivity contribution in [3.8, 4) is 0 Å². The van der Waals surface area contributed by atoms with Crippen LogP contribution in [0, 0.1) is 6.92 Å². The zero-order valence-corrected chi connectivity index (χ0v) is 11.4. The summed E-state index contributed by atoms with van der Waals surface area (Å²) in [5.41, 5.74) is 8.46. The summed E-state index contributed by atoms with van der Waals surface area (Å²) in [4.78, 5) is 4.65. The fourth-order valence-electron chi connectivity index (χ4n) is 2.19. The van der Waals surface area contributed by atoms with Crippen LogP contribution in [0.3, 0.4) is 0 Å². The van der Waals surface area contributed by atoms with E-state index in [0.29, 0.717) is 5.69 Å². The van der Waals surface area contributed by atoms with Crippen molar-refractivity contribution >= 4 is 22.4 Å². The first-order valence-electron chi connectivity index (χ1n) is 6.60. The Labute approximate surface area is 117 Å². The Bertz CT molecular complexity index is 732. The summed E-state index contributed by atoms with van der Waals surface area (Å²) in [6, 6.07) is 10.3. The third kappa shape index (κ3) is 2.56. The smallest absolute Gasteiger partial charge is 0.129 e. The van der Waals surface area contributed by atoms with Gasteiger partial charge in [-0.3, -0.25) is 4.68 Å². The van der Waals surface area contributed by atoms with Gasteiger partial charge in [-0.2, -0.15) is 5.10 Å². The van der Waals surface area contributed by atoms with Gasteiger partial charge in [0.25, 0.3) is 0 Å². The van der Waals surface area contributed by atoms with Gasteiger partial charge >= 0.3 is 0 Å². The van der Waals surface area contributed by atoms with Gasteiger partial charge < -0.3 is 11.1 Å². The van der Waals surface area contributed by atoms with Crippen LogP contribution in [0.15, 0.2) is 42.7 Å². The molecule has 1 aromatic carbocycles. The molecule has 0 atom stereocenters. The number of hydrogen-bond acceptors (Lipinski definition) is 4. The molecule has 2 aromatic heterocycles. The van der Waals surface area contributed by atoms with Crippen molar-refractivity contribution in [2.45, 2.75) is 13.5 Å². The van der Waals surface area contributed by atoms with Gasteiger partial charge in [0.2, 0.25) is 0 Å². The highest BCUT2D eigenvalue weighted by atomic mass is 15.3. The van der Waals surface area contributed by atoms with Crippen molar-refractivity contribution < 1.29 is 0 Å². The number of nitrogens with zero attached hydrogens (tertiary/aromatic N) is 3. The lowest BCUT2D eigenvalue weighted by molar-refractivity contribution is 0.637. The first kappa shape index (κ1) is 12.5. The number of hydrogen-bond donors (Lipinski definition) is 2. The number of para-hydroxylation sites is 1. The summed E-state index contributed by atoms with van der Waals surface area (Å²) in [6.45, 7) is 3.58. The highest BCUT2D eigenvalue weighted by Gasteiger charge is 2.03. The van der Waals surface area contributed by atoms with E-state index in [2.05, 4.69) is 34.5 Å². The molecule has 0 spiro atoms.